The smallest absolute Gasteiger partial charge is 0.0547 e. The second-order valence-corrected chi connectivity index (χ2v) is 3.22. The van der Waals surface area contributed by atoms with E-state index in [0.29, 0.717) is 5.41 Å². The number of hydrogen-bond donors (Lipinski definition) is 0. The van der Waals surface area contributed by atoms with Crippen LogP contribution in [0.15, 0.2) is 0 Å². The first kappa shape index (κ1) is 8.06. The van der Waals surface area contributed by atoms with Gasteiger partial charge in [0.25, 0.3) is 0 Å². The van der Waals surface area contributed by atoms with Crippen LogP contribution in [0.1, 0.15) is 33.1 Å². The van der Waals surface area contributed by atoms with Crippen molar-refractivity contribution in [1.82, 2.24) is 0 Å². The SMILES string of the molecule is CC[CH]C1(CCC)COC1. The first-order chi connectivity index (χ1) is 4.83. The molecule has 0 saturated carbocycles. The maximum Gasteiger partial charge on any atom is 0.0547 e. The highest BCUT2D eigenvalue weighted by molar-refractivity contribution is 4.96. The molecule has 0 spiro atoms. The van der Waals surface area contributed by atoms with Crippen LogP contribution in [0.25, 0.3) is 0 Å². The van der Waals surface area contributed by atoms with E-state index in [1.165, 1.54) is 19.3 Å². The normalized spacial score (nSPS) is 22.2. The largest absolute Gasteiger partial charge is 0.380 e. The van der Waals surface area contributed by atoms with Crippen molar-refractivity contribution >= 4 is 0 Å². The van der Waals surface area contributed by atoms with Crippen LogP contribution in [-0.2, 0) is 4.74 Å². The molecular weight excluding hydrogens is 124 g/mol. The lowest BCUT2D eigenvalue weighted by atomic mass is 9.78. The standard InChI is InChI=1S/C9H17O/c1-3-5-9(6-4-2)7-10-8-9/h5H,3-4,6-8H2,1-2H3. The molecule has 1 radical (unpaired) electrons. The summed E-state index contributed by atoms with van der Waals surface area (Å²) in [6.45, 7) is 6.38. The highest BCUT2D eigenvalue weighted by atomic mass is 16.5. The van der Waals surface area contributed by atoms with Gasteiger partial charge in [-0.05, 0) is 12.8 Å². The summed E-state index contributed by atoms with van der Waals surface area (Å²) in [6.07, 6.45) is 6.18. The minimum atomic E-state index is 0.476. The van der Waals surface area contributed by atoms with Gasteiger partial charge in [0.2, 0.25) is 0 Å². The van der Waals surface area contributed by atoms with Crippen LogP contribution in [-0.4, -0.2) is 13.2 Å². The monoisotopic (exact) mass is 141 g/mol. The van der Waals surface area contributed by atoms with Gasteiger partial charge < -0.3 is 4.74 Å². The molecule has 10 heavy (non-hydrogen) atoms. The Morgan fingerprint density at radius 2 is 2.10 bits per heavy atom. The van der Waals surface area contributed by atoms with E-state index in [-0.39, 0.29) is 0 Å². The molecule has 0 unspecified atom stereocenters. The Hall–Kier alpha value is -0.0400. The van der Waals surface area contributed by atoms with Crippen LogP contribution in [0.2, 0.25) is 0 Å². The fourth-order valence-electron chi connectivity index (χ4n) is 1.66. The molecule has 1 aliphatic rings. The highest BCUT2D eigenvalue weighted by Gasteiger charge is 2.36. The molecule has 0 amide bonds. The van der Waals surface area contributed by atoms with Crippen molar-refractivity contribution in [3.05, 3.63) is 6.42 Å². The summed E-state index contributed by atoms with van der Waals surface area (Å²) in [5.74, 6) is 0. The lowest BCUT2D eigenvalue weighted by Crippen LogP contribution is -2.42. The molecule has 0 aromatic heterocycles. The zero-order valence-electron chi connectivity index (χ0n) is 7.02. The maximum absolute atomic E-state index is 5.21. The quantitative estimate of drug-likeness (QED) is 0.584. The van der Waals surface area contributed by atoms with Crippen molar-refractivity contribution in [1.29, 1.82) is 0 Å². The van der Waals surface area contributed by atoms with Crippen molar-refractivity contribution in [2.75, 3.05) is 13.2 Å². The molecule has 0 aliphatic carbocycles. The average molecular weight is 141 g/mol. The van der Waals surface area contributed by atoms with Gasteiger partial charge in [-0.2, -0.15) is 0 Å². The van der Waals surface area contributed by atoms with E-state index in [4.69, 9.17) is 4.74 Å². The molecule has 1 rings (SSSR count). The number of rotatable bonds is 4. The van der Waals surface area contributed by atoms with Crippen molar-refractivity contribution < 1.29 is 4.74 Å². The summed E-state index contributed by atoms with van der Waals surface area (Å²) in [6, 6.07) is 0. The number of ether oxygens (including phenoxy) is 1. The second kappa shape index (κ2) is 3.38. The van der Waals surface area contributed by atoms with Crippen LogP contribution in [0.3, 0.4) is 0 Å². The topological polar surface area (TPSA) is 9.23 Å². The molecule has 1 fully saturated rings. The molecule has 0 bridgehead atoms. The predicted octanol–water partition coefficient (Wildman–Crippen LogP) is 2.42. The molecule has 1 heterocycles. The third kappa shape index (κ3) is 1.51. The molecule has 1 aliphatic heterocycles. The van der Waals surface area contributed by atoms with Crippen LogP contribution in [0, 0.1) is 11.8 Å². The van der Waals surface area contributed by atoms with E-state index >= 15 is 0 Å². The first-order valence-electron chi connectivity index (χ1n) is 4.25. The molecule has 0 atom stereocenters. The van der Waals surface area contributed by atoms with Crippen LogP contribution >= 0.6 is 0 Å². The Morgan fingerprint density at radius 3 is 2.40 bits per heavy atom. The van der Waals surface area contributed by atoms with Crippen molar-refractivity contribution in [2.24, 2.45) is 5.41 Å². The summed E-state index contributed by atoms with van der Waals surface area (Å²) in [5.41, 5.74) is 0.476. The second-order valence-electron chi connectivity index (χ2n) is 3.22. The summed E-state index contributed by atoms with van der Waals surface area (Å²) < 4.78 is 5.21. The van der Waals surface area contributed by atoms with Gasteiger partial charge >= 0.3 is 0 Å². The highest BCUT2D eigenvalue weighted by Crippen LogP contribution is 2.36. The van der Waals surface area contributed by atoms with E-state index in [1.807, 2.05) is 0 Å². The minimum Gasteiger partial charge on any atom is -0.380 e. The van der Waals surface area contributed by atoms with Crippen molar-refractivity contribution in [3.63, 3.8) is 0 Å². The van der Waals surface area contributed by atoms with Gasteiger partial charge in [0.1, 0.15) is 0 Å². The predicted molar refractivity (Wildman–Crippen MR) is 42.8 cm³/mol. The van der Waals surface area contributed by atoms with Crippen molar-refractivity contribution in [3.8, 4) is 0 Å². The Balaban J connectivity index is 2.27. The van der Waals surface area contributed by atoms with Gasteiger partial charge in [0.15, 0.2) is 0 Å². The van der Waals surface area contributed by atoms with Gasteiger partial charge in [0, 0.05) is 5.41 Å². The zero-order chi connectivity index (χ0) is 7.45. The van der Waals surface area contributed by atoms with E-state index in [1.54, 1.807) is 0 Å². The Bertz CT molecular complexity index is 86.9. The summed E-state index contributed by atoms with van der Waals surface area (Å²) >= 11 is 0. The summed E-state index contributed by atoms with van der Waals surface area (Å²) in [7, 11) is 0. The molecule has 1 heteroatoms. The fraction of sp³-hybridized carbons (Fsp3) is 0.889. The Kier molecular flexibility index (Phi) is 2.72. The first-order valence-corrected chi connectivity index (χ1v) is 4.25. The van der Waals surface area contributed by atoms with Gasteiger partial charge in [-0.3, -0.25) is 0 Å². The lowest BCUT2D eigenvalue weighted by Gasteiger charge is -2.41. The number of hydrogen-bond acceptors (Lipinski definition) is 1. The molecule has 1 saturated heterocycles. The van der Waals surface area contributed by atoms with Crippen LogP contribution in [0.4, 0.5) is 0 Å². The molecule has 0 aromatic rings. The molecule has 1 nitrogen and oxygen atoms in total. The fourth-order valence-corrected chi connectivity index (χ4v) is 1.66. The Labute approximate surface area is 63.8 Å². The van der Waals surface area contributed by atoms with E-state index in [2.05, 4.69) is 20.3 Å². The van der Waals surface area contributed by atoms with E-state index in [9.17, 15) is 0 Å². The van der Waals surface area contributed by atoms with E-state index < -0.39 is 0 Å². The van der Waals surface area contributed by atoms with Crippen LogP contribution < -0.4 is 0 Å². The third-order valence-corrected chi connectivity index (χ3v) is 2.16. The molecule has 0 N–H and O–H groups in total. The lowest BCUT2D eigenvalue weighted by molar-refractivity contribution is -0.0977. The Morgan fingerprint density at radius 1 is 1.40 bits per heavy atom. The molecule has 0 aromatic carbocycles. The van der Waals surface area contributed by atoms with Gasteiger partial charge in [-0.1, -0.05) is 26.7 Å². The van der Waals surface area contributed by atoms with Crippen LogP contribution in [0.5, 0.6) is 0 Å². The van der Waals surface area contributed by atoms with Gasteiger partial charge in [-0.25, -0.2) is 0 Å². The van der Waals surface area contributed by atoms with Crippen molar-refractivity contribution in [2.45, 2.75) is 33.1 Å². The minimum absolute atomic E-state index is 0.476. The third-order valence-electron chi connectivity index (χ3n) is 2.16. The van der Waals surface area contributed by atoms with E-state index in [0.717, 1.165) is 13.2 Å². The maximum atomic E-state index is 5.21. The molecular formula is C9H17O. The summed E-state index contributed by atoms with van der Waals surface area (Å²) in [4.78, 5) is 0. The van der Waals surface area contributed by atoms with Gasteiger partial charge in [0.05, 0.1) is 13.2 Å². The molecule has 59 valence electrons. The average Bonchev–Trinajstić information content (AvgIpc) is 1.84. The zero-order valence-corrected chi connectivity index (χ0v) is 7.02. The van der Waals surface area contributed by atoms with Gasteiger partial charge in [-0.15, -0.1) is 0 Å². The summed E-state index contributed by atoms with van der Waals surface area (Å²) in [5, 5.41) is 0.